The van der Waals surface area contributed by atoms with Crippen LogP contribution in [-0.2, 0) is 4.79 Å². The summed E-state index contributed by atoms with van der Waals surface area (Å²) in [6, 6.07) is 0. The predicted molar refractivity (Wildman–Crippen MR) is 79.1 cm³/mol. The Bertz CT molecular complexity index is 473. The number of nitrogens with two attached hydrogens (primary N) is 1. The van der Waals surface area contributed by atoms with E-state index in [2.05, 4.69) is 16.6 Å². The van der Waals surface area contributed by atoms with Crippen molar-refractivity contribution in [2.75, 3.05) is 11.9 Å². The van der Waals surface area contributed by atoms with Crippen molar-refractivity contribution in [1.29, 1.82) is 0 Å². The summed E-state index contributed by atoms with van der Waals surface area (Å²) in [6.45, 7) is 4.31. The quantitative estimate of drug-likeness (QED) is 0.682. The molecule has 1 rings (SSSR count). The fourth-order valence-corrected chi connectivity index (χ4v) is 2.82. The largest absolute Gasteiger partial charge is 0.478 e. The van der Waals surface area contributed by atoms with Gasteiger partial charge in [-0.1, -0.05) is 13.3 Å². The lowest BCUT2D eigenvalue weighted by atomic mass is 9.96. The summed E-state index contributed by atoms with van der Waals surface area (Å²) in [5, 5.41) is 12.0. The van der Waals surface area contributed by atoms with E-state index in [0.29, 0.717) is 29.6 Å². The van der Waals surface area contributed by atoms with Gasteiger partial charge in [-0.2, -0.15) is 4.37 Å². The van der Waals surface area contributed by atoms with Crippen molar-refractivity contribution in [3.8, 4) is 0 Å². The van der Waals surface area contributed by atoms with Crippen LogP contribution < -0.4 is 11.1 Å². The number of aryl methyl sites for hydroxylation is 1. The van der Waals surface area contributed by atoms with Gasteiger partial charge in [0.15, 0.2) is 0 Å². The zero-order valence-corrected chi connectivity index (χ0v) is 12.6. The van der Waals surface area contributed by atoms with E-state index in [-0.39, 0.29) is 11.5 Å². The SMILES string of the molecule is CCC(CCN)CCC(=O)Nc1snc(C)c1C(=O)O. The highest BCUT2D eigenvalue weighted by Gasteiger charge is 2.19. The van der Waals surface area contributed by atoms with E-state index in [4.69, 9.17) is 10.8 Å². The van der Waals surface area contributed by atoms with E-state index in [1.807, 2.05) is 0 Å². The number of aromatic carboxylic acids is 1. The number of carboxylic acid groups (broad SMARTS) is 1. The van der Waals surface area contributed by atoms with Gasteiger partial charge in [0.05, 0.1) is 5.69 Å². The molecule has 1 unspecified atom stereocenters. The first-order chi connectivity index (χ1) is 9.49. The van der Waals surface area contributed by atoms with Gasteiger partial charge >= 0.3 is 5.97 Å². The average molecular weight is 299 g/mol. The lowest BCUT2D eigenvalue weighted by Gasteiger charge is -2.12. The second kappa shape index (κ2) is 7.96. The molecule has 1 heterocycles. The van der Waals surface area contributed by atoms with Crippen LogP contribution in [0.2, 0.25) is 0 Å². The third kappa shape index (κ3) is 4.57. The van der Waals surface area contributed by atoms with Crippen molar-refractivity contribution in [2.45, 2.75) is 39.5 Å². The van der Waals surface area contributed by atoms with Crippen LogP contribution in [0.25, 0.3) is 0 Å². The van der Waals surface area contributed by atoms with E-state index >= 15 is 0 Å². The van der Waals surface area contributed by atoms with Crippen molar-refractivity contribution in [2.24, 2.45) is 11.7 Å². The van der Waals surface area contributed by atoms with Gasteiger partial charge in [0, 0.05) is 6.42 Å². The number of carboxylic acids is 1. The molecular weight excluding hydrogens is 278 g/mol. The number of hydrogen-bond acceptors (Lipinski definition) is 5. The molecule has 20 heavy (non-hydrogen) atoms. The number of nitrogens with one attached hydrogen (secondary N) is 1. The highest BCUT2D eigenvalue weighted by molar-refractivity contribution is 7.11. The highest BCUT2D eigenvalue weighted by atomic mass is 32.1. The van der Waals surface area contributed by atoms with E-state index < -0.39 is 5.97 Å². The minimum Gasteiger partial charge on any atom is -0.478 e. The van der Waals surface area contributed by atoms with E-state index in [0.717, 1.165) is 30.8 Å². The van der Waals surface area contributed by atoms with Crippen LogP contribution in [0.15, 0.2) is 0 Å². The van der Waals surface area contributed by atoms with Crippen LogP contribution >= 0.6 is 11.5 Å². The Morgan fingerprint density at radius 1 is 1.45 bits per heavy atom. The molecule has 1 aromatic heterocycles. The zero-order valence-electron chi connectivity index (χ0n) is 11.8. The van der Waals surface area contributed by atoms with Crippen molar-refractivity contribution in [3.05, 3.63) is 11.3 Å². The molecule has 4 N–H and O–H groups in total. The van der Waals surface area contributed by atoms with Gasteiger partial charge in [-0.15, -0.1) is 0 Å². The van der Waals surface area contributed by atoms with Crippen LogP contribution in [0, 0.1) is 12.8 Å². The molecule has 0 saturated carbocycles. The van der Waals surface area contributed by atoms with Gasteiger partial charge < -0.3 is 16.2 Å². The summed E-state index contributed by atoms with van der Waals surface area (Å²) < 4.78 is 3.96. The molecule has 6 nitrogen and oxygen atoms in total. The number of carbonyl (C=O) groups is 2. The van der Waals surface area contributed by atoms with Crippen LogP contribution in [0.5, 0.6) is 0 Å². The summed E-state index contributed by atoms with van der Waals surface area (Å²) in [7, 11) is 0. The highest BCUT2D eigenvalue weighted by Crippen LogP contribution is 2.25. The summed E-state index contributed by atoms with van der Waals surface area (Å²) in [4.78, 5) is 22.9. The fraction of sp³-hybridized carbons (Fsp3) is 0.615. The molecule has 0 spiro atoms. The van der Waals surface area contributed by atoms with Crippen molar-refractivity contribution in [3.63, 3.8) is 0 Å². The van der Waals surface area contributed by atoms with Gasteiger partial charge in [-0.05, 0) is 43.8 Å². The van der Waals surface area contributed by atoms with Gasteiger partial charge in [0.2, 0.25) is 5.91 Å². The Hall–Kier alpha value is -1.47. The van der Waals surface area contributed by atoms with Crippen LogP contribution in [-0.4, -0.2) is 27.9 Å². The third-order valence-electron chi connectivity index (χ3n) is 3.26. The molecule has 0 aliphatic carbocycles. The Morgan fingerprint density at radius 2 is 2.15 bits per heavy atom. The minimum atomic E-state index is -1.07. The molecule has 0 aliphatic rings. The molecule has 0 radical (unpaired) electrons. The van der Waals surface area contributed by atoms with Crippen molar-refractivity contribution in [1.82, 2.24) is 4.37 Å². The van der Waals surface area contributed by atoms with E-state index in [9.17, 15) is 9.59 Å². The number of carbonyl (C=O) groups excluding carboxylic acids is 1. The topological polar surface area (TPSA) is 105 Å². The van der Waals surface area contributed by atoms with Crippen molar-refractivity contribution >= 4 is 28.4 Å². The standard InChI is InChI=1S/C13H21N3O3S/c1-3-9(6-7-14)4-5-10(17)15-12-11(13(18)19)8(2)16-20-12/h9H,3-7,14H2,1-2H3,(H,15,17)(H,18,19). The smallest absolute Gasteiger partial charge is 0.340 e. The third-order valence-corrected chi connectivity index (χ3v) is 4.12. The van der Waals surface area contributed by atoms with E-state index in [1.54, 1.807) is 6.92 Å². The Labute approximate surface area is 122 Å². The Balaban J connectivity index is 2.57. The minimum absolute atomic E-state index is 0.0809. The summed E-state index contributed by atoms with van der Waals surface area (Å²) >= 11 is 1.00. The van der Waals surface area contributed by atoms with Gasteiger partial charge in [-0.25, -0.2) is 4.79 Å². The number of anilines is 1. The van der Waals surface area contributed by atoms with Crippen LogP contribution in [0.4, 0.5) is 5.00 Å². The van der Waals surface area contributed by atoms with Gasteiger partial charge in [0.25, 0.3) is 0 Å². The van der Waals surface area contributed by atoms with Gasteiger partial charge in [-0.3, -0.25) is 4.79 Å². The van der Waals surface area contributed by atoms with Gasteiger partial charge in [0.1, 0.15) is 10.6 Å². The maximum absolute atomic E-state index is 11.9. The predicted octanol–water partition coefficient (Wildman–Crippen LogP) is 2.24. The molecular formula is C13H21N3O3S. The second-order valence-electron chi connectivity index (χ2n) is 4.72. The molecule has 112 valence electrons. The molecule has 0 aliphatic heterocycles. The maximum atomic E-state index is 11.9. The molecule has 7 heteroatoms. The monoisotopic (exact) mass is 299 g/mol. The average Bonchev–Trinajstić information content (AvgIpc) is 2.75. The molecule has 0 aromatic carbocycles. The lowest BCUT2D eigenvalue weighted by Crippen LogP contribution is -2.16. The lowest BCUT2D eigenvalue weighted by molar-refractivity contribution is -0.116. The first-order valence-corrected chi connectivity index (χ1v) is 7.46. The Kier molecular flexibility index (Phi) is 6.60. The fourth-order valence-electron chi connectivity index (χ4n) is 2.02. The van der Waals surface area contributed by atoms with Crippen LogP contribution in [0.3, 0.4) is 0 Å². The summed E-state index contributed by atoms with van der Waals surface area (Å²) in [5.41, 5.74) is 6.02. The molecule has 0 fully saturated rings. The molecule has 1 amide bonds. The number of aromatic nitrogens is 1. The number of amides is 1. The van der Waals surface area contributed by atoms with Crippen molar-refractivity contribution < 1.29 is 14.7 Å². The first kappa shape index (κ1) is 16.6. The first-order valence-electron chi connectivity index (χ1n) is 6.69. The zero-order chi connectivity index (χ0) is 15.1. The maximum Gasteiger partial charge on any atom is 0.340 e. The van der Waals surface area contributed by atoms with Crippen LogP contribution in [0.1, 0.15) is 48.7 Å². The normalized spacial score (nSPS) is 12.2. The number of rotatable bonds is 8. The summed E-state index contributed by atoms with van der Waals surface area (Å²) in [6.07, 6.45) is 3.03. The summed E-state index contributed by atoms with van der Waals surface area (Å²) in [5.74, 6) is -0.805. The molecule has 0 bridgehead atoms. The number of hydrogen-bond donors (Lipinski definition) is 3. The second-order valence-corrected chi connectivity index (χ2v) is 5.49. The molecule has 1 atom stereocenters. The molecule has 1 aromatic rings. The Morgan fingerprint density at radius 3 is 2.70 bits per heavy atom. The molecule has 0 saturated heterocycles. The number of nitrogens with zero attached hydrogens (tertiary/aromatic N) is 1. The van der Waals surface area contributed by atoms with E-state index in [1.165, 1.54) is 0 Å².